The third-order valence-corrected chi connectivity index (χ3v) is 6.90. The average Bonchev–Trinajstić information content (AvgIpc) is 2.99. The number of fused-ring (bicyclic) bond motifs is 2. The van der Waals surface area contributed by atoms with Crippen LogP contribution < -0.4 is 5.32 Å². The Labute approximate surface area is 169 Å². The van der Waals surface area contributed by atoms with Crippen molar-refractivity contribution in [1.82, 2.24) is 10.3 Å². The van der Waals surface area contributed by atoms with E-state index < -0.39 is 5.97 Å². The number of aryl methyl sites for hydroxylation is 1. The molecule has 4 rings (SSSR count). The number of carbonyl (C=O) groups excluding carboxylic acids is 1. The van der Waals surface area contributed by atoms with Gasteiger partial charge in [-0.25, -0.2) is 0 Å². The van der Waals surface area contributed by atoms with Gasteiger partial charge >= 0.3 is 5.97 Å². The summed E-state index contributed by atoms with van der Waals surface area (Å²) in [5, 5.41) is 13.3. The van der Waals surface area contributed by atoms with E-state index in [1.165, 1.54) is 43.0 Å². The van der Waals surface area contributed by atoms with E-state index in [1.54, 1.807) is 0 Å². The van der Waals surface area contributed by atoms with Gasteiger partial charge in [0.1, 0.15) is 0 Å². The van der Waals surface area contributed by atoms with Gasteiger partial charge in [-0.1, -0.05) is 31.7 Å². The standard InChI is InChI=1S/C22H26N2O3S/c25-20(26)13-28-21-16-8-5-9-18(16)24-19-12-14(10-11-17(19)21)22(27)23-15-6-3-1-2-4-7-15/h10-12,15H,1-9,13H2,(H,23,27)(H,25,26). The molecule has 1 aromatic carbocycles. The number of aliphatic carboxylic acids is 1. The maximum absolute atomic E-state index is 12.8. The van der Waals surface area contributed by atoms with Crippen LogP contribution in [0.5, 0.6) is 0 Å². The first kappa shape index (κ1) is 19.2. The second-order valence-electron chi connectivity index (χ2n) is 7.80. The average molecular weight is 399 g/mol. The van der Waals surface area contributed by atoms with Gasteiger partial charge in [-0.15, -0.1) is 11.8 Å². The molecular formula is C22H26N2O3S. The van der Waals surface area contributed by atoms with Gasteiger partial charge in [-0.3, -0.25) is 14.6 Å². The van der Waals surface area contributed by atoms with E-state index in [1.807, 2.05) is 18.2 Å². The normalized spacial score (nSPS) is 17.3. The summed E-state index contributed by atoms with van der Waals surface area (Å²) in [7, 11) is 0. The van der Waals surface area contributed by atoms with Gasteiger partial charge in [0.25, 0.3) is 5.91 Å². The molecule has 1 amide bonds. The highest BCUT2D eigenvalue weighted by molar-refractivity contribution is 8.00. The quantitative estimate of drug-likeness (QED) is 0.578. The highest BCUT2D eigenvalue weighted by Crippen LogP contribution is 2.37. The van der Waals surface area contributed by atoms with Gasteiger partial charge in [0.15, 0.2) is 0 Å². The zero-order valence-electron chi connectivity index (χ0n) is 16.0. The van der Waals surface area contributed by atoms with E-state index in [4.69, 9.17) is 10.1 Å². The van der Waals surface area contributed by atoms with E-state index in [0.29, 0.717) is 5.56 Å². The van der Waals surface area contributed by atoms with Crippen molar-refractivity contribution in [3.05, 3.63) is 35.0 Å². The van der Waals surface area contributed by atoms with Crippen molar-refractivity contribution in [2.24, 2.45) is 0 Å². The van der Waals surface area contributed by atoms with Gasteiger partial charge in [-0.05, 0) is 49.8 Å². The summed E-state index contributed by atoms with van der Waals surface area (Å²) >= 11 is 1.37. The van der Waals surface area contributed by atoms with Crippen LogP contribution in [0.4, 0.5) is 0 Å². The number of aromatic nitrogens is 1. The number of nitrogens with zero attached hydrogens (tertiary/aromatic N) is 1. The zero-order chi connectivity index (χ0) is 19.5. The molecule has 0 unspecified atom stereocenters. The lowest BCUT2D eigenvalue weighted by Crippen LogP contribution is -2.34. The van der Waals surface area contributed by atoms with Crippen molar-refractivity contribution in [2.45, 2.75) is 68.7 Å². The van der Waals surface area contributed by atoms with Crippen molar-refractivity contribution >= 4 is 34.5 Å². The fourth-order valence-corrected chi connectivity index (χ4v) is 5.34. The second kappa shape index (κ2) is 8.52. The van der Waals surface area contributed by atoms with Gasteiger partial charge < -0.3 is 10.4 Å². The molecule has 0 radical (unpaired) electrons. The monoisotopic (exact) mass is 398 g/mol. The lowest BCUT2D eigenvalue weighted by atomic mass is 10.1. The molecule has 0 aliphatic heterocycles. The number of hydrogen-bond acceptors (Lipinski definition) is 4. The number of benzene rings is 1. The number of amides is 1. The van der Waals surface area contributed by atoms with Crippen LogP contribution >= 0.6 is 11.8 Å². The minimum absolute atomic E-state index is 0.0316. The van der Waals surface area contributed by atoms with Crippen LogP contribution in [-0.2, 0) is 17.6 Å². The predicted octanol–water partition coefficient (Wildman–Crippen LogP) is 4.35. The van der Waals surface area contributed by atoms with Gasteiger partial charge in [0.05, 0.1) is 11.3 Å². The number of pyridine rings is 1. The smallest absolute Gasteiger partial charge is 0.313 e. The Bertz CT molecular complexity index is 904. The van der Waals surface area contributed by atoms with E-state index in [2.05, 4.69) is 5.32 Å². The third kappa shape index (κ3) is 4.17. The van der Waals surface area contributed by atoms with E-state index in [0.717, 1.165) is 53.6 Å². The molecule has 148 valence electrons. The Morgan fingerprint density at radius 2 is 1.89 bits per heavy atom. The maximum atomic E-state index is 12.8. The number of rotatable bonds is 5. The summed E-state index contributed by atoms with van der Waals surface area (Å²) in [6.07, 6.45) is 9.91. The number of hydrogen-bond donors (Lipinski definition) is 2. The molecule has 0 spiro atoms. The number of nitrogens with one attached hydrogen (secondary N) is 1. The Hall–Kier alpha value is -2.08. The first-order valence-corrected chi connectivity index (χ1v) is 11.2. The minimum Gasteiger partial charge on any atom is -0.481 e. The largest absolute Gasteiger partial charge is 0.481 e. The Kier molecular flexibility index (Phi) is 5.85. The molecule has 5 nitrogen and oxygen atoms in total. The van der Waals surface area contributed by atoms with E-state index >= 15 is 0 Å². The van der Waals surface area contributed by atoms with Crippen LogP contribution in [0.15, 0.2) is 23.1 Å². The van der Waals surface area contributed by atoms with Crippen LogP contribution in [0.1, 0.15) is 66.6 Å². The Morgan fingerprint density at radius 1 is 1.11 bits per heavy atom. The van der Waals surface area contributed by atoms with E-state index in [9.17, 15) is 9.59 Å². The van der Waals surface area contributed by atoms with Crippen LogP contribution in [0, 0.1) is 0 Å². The number of carboxylic acids is 1. The van der Waals surface area contributed by atoms with Gasteiger partial charge in [0.2, 0.25) is 0 Å². The molecule has 2 aliphatic carbocycles. The highest BCUT2D eigenvalue weighted by Gasteiger charge is 2.22. The van der Waals surface area contributed by atoms with Crippen LogP contribution in [0.25, 0.3) is 10.9 Å². The first-order valence-electron chi connectivity index (χ1n) is 10.2. The fourth-order valence-electron chi connectivity index (χ4n) is 4.35. The summed E-state index contributed by atoms with van der Waals surface area (Å²) in [6, 6.07) is 5.92. The molecule has 2 N–H and O–H groups in total. The highest BCUT2D eigenvalue weighted by atomic mass is 32.2. The topological polar surface area (TPSA) is 79.3 Å². The molecule has 6 heteroatoms. The molecule has 2 aliphatic rings. The Morgan fingerprint density at radius 3 is 2.64 bits per heavy atom. The van der Waals surface area contributed by atoms with Gasteiger partial charge in [0, 0.05) is 27.6 Å². The second-order valence-corrected chi connectivity index (χ2v) is 8.78. The predicted molar refractivity (Wildman–Crippen MR) is 111 cm³/mol. The molecule has 2 aromatic rings. The van der Waals surface area contributed by atoms with Gasteiger partial charge in [-0.2, -0.15) is 0 Å². The molecule has 1 saturated carbocycles. The molecule has 1 heterocycles. The van der Waals surface area contributed by atoms with Crippen molar-refractivity contribution in [2.75, 3.05) is 5.75 Å². The lowest BCUT2D eigenvalue weighted by molar-refractivity contribution is -0.133. The molecule has 0 saturated heterocycles. The van der Waals surface area contributed by atoms with E-state index in [-0.39, 0.29) is 17.7 Å². The third-order valence-electron chi connectivity index (χ3n) is 5.75. The number of carboxylic acid groups (broad SMARTS) is 1. The van der Waals surface area contributed by atoms with Crippen molar-refractivity contribution in [1.29, 1.82) is 0 Å². The first-order chi connectivity index (χ1) is 13.6. The van der Waals surface area contributed by atoms with Crippen molar-refractivity contribution < 1.29 is 14.7 Å². The lowest BCUT2D eigenvalue weighted by Gasteiger charge is -2.17. The van der Waals surface area contributed by atoms with Crippen molar-refractivity contribution in [3.63, 3.8) is 0 Å². The van der Waals surface area contributed by atoms with Crippen molar-refractivity contribution in [3.8, 4) is 0 Å². The summed E-state index contributed by atoms with van der Waals surface area (Å²) in [6.45, 7) is 0. The molecule has 0 bridgehead atoms. The molecule has 1 fully saturated rings. The zero-order valence-corrected chi connectivity index (χ0v) is 16.8. The van der Waals surface area contributed by atoms with Crippen LogP contribution in [0.2, 0.25) is 0 Å². The molecular weight excluding hydrogens is 372 g/mol. The Balaban J connectivity index is 1.62. The summed E-state index contributed by atoms with van der Waals surface area (Å²) in [4.78, 5) is 29.7. The minimum atomic E-state index is -0.818. The fraction of sp³-hybridized carbons (Fsp3) is 0.500. The molecule has 28 heavy (non-hydrogen) atoms. The number of thioether (sulfide) groups is 1. The van der Waals surface area contributed by atoms with Crippen LogP contribution in [-0.4, -0.2) is 33.8 Å². The summed E-state index contributed by atoms with van der Waals surface area (Å²) in [5.41, 5.74) is 3.68. The number of carbonyl (C=O) groups is 2. The molecule has 0 atom stereocenters. The molecule has 1 aromatic heterocycles. The summed E-state index contributed by atoms with van der Waals surface area (Å²) < 4.78 is 0. The summed E-state index contributed by atoms with van der Waals surface area (Å²) in [5.74, 6) is -0.813. The SMILES string of the molecule is O=C(O)CSc1c2c(nc3cc(C(=O)NC4CCCCCC4)ccc13)CCC2. The maximum Gasteiger partial charge on any atom is 0.313 e. The van der Waals surface area contributed by atoms with Crippen LogP contribution in [0.3, 0.4) is 0 Å².